The summed E-state index contributed by atoms with van der Waals surface area (Å²) in [5.74, 6) is 0.965. The largest absolute Gasteiger partial charge is 0.372 e. The number of nitrogens with one attached hydrogen (secondary N) is 1. The molecule has 1 heterocycles. The molecule has 0 radical (unpaired) electrons. The van der Waals surface area contributed by atoms with Gasteiger partial charge in [-0.2, -0.15) is 0 Å². The van der Waals surface area contributed by atoms with E-state index in [1.54, 1.807) is 0 Å². The van der Waals surface area contributed by atoms with Gasteiger partial charge in [0.2, 0.25) is 0 Å². The van der Waals surface area contributed by atoms with E-state index in [1.165, 1.54) is 18.7 Å². The number of hydrogen-bond acceptors (Lipinski definition) is 4. The first kappa shape index (κ1) is 16.8. The van der Waals surface area contributed by atoms with Gasteiger partial charge in [-0.05, 0) is 46.0 Å². The molecule has 0 saturated carbocycles. The maximum absolute atomic E-state index is 4.33. The minimum Gasteiger partial charge on any atom is -0.372 e. The molecule has 0 atom stereocenters. The lowest BCUT2D eigenvalue weighted by Gasteiger charge is -2.25. The summed E-state index contributed by atoms with van der Waals surface area (Å²) in [5.41, 5.74) is 1.26. The van der Waals surface area contributed by atoms with Crippen molar-refractivity contribution in [1.29, 1.82) is 0 Å². The maximum Gasteiger partial charge on any atom is 0.127 e. The van der Waals surface area contributed by atoms with E-state index < -0.39 is 0 Å². The van der Waals surface area contributed by atoms with Crippen molar-refractivity contribution in [3.05, 3.63) is 18.3 Å². The van der Waals surface area contributed by atoms with E-state index in [0.29, 0.717) is 0 Å². The summed E-state index contributed by atoms with van der Waals surface area (Å²) in [5, 5.41) is 3.27. The first-order chi connectivity index (χ1) is 9.74. The van der Waals surface area contributed by atoms with Crippen LogP contribution in [0.1, 0.15) is 34.1 Å². The maximum atomic E-state index is 4.33. The fourth-order valence-corrected chi connectivity index (χ4v) is 2.39. The molecule has 0 aliphatic carbocycles. The molecule has 20 heavy (non-hydrogen) atoms. The van der Waals surface area contributed by atoms with Gasteiger partial charge < -0.3 is 15.1 Å². The smallest absolute Gasteiger partial charge is 0.127 e. The molecular formula is C16H30N4. The molecule has 0 amide bonds. The number of nitrogens with zero attached hydrogens (tertiary/aromatic N) is 3. The van der Waals surface area contributed by atoms with E-state index in [9.17, 15) is 0 Å². The van der Waals surface area contributed by atoms with E-state index in [4.69, 9.17) is 0 Å². The van der Waals surface area contributed by atoms with E-state index in [0.717, 1.165) is 38.5 Å². The molecule has 1 aromatic rings. The second-order valence-corrected chi connectivity index (χ2v) is 4.89. The molecule has 0 fully saturated rings. The Bertz CT molecular complexity index is 363. The minimum absolute atomic E-state index is 0.907. The van der Waals surface area contributed by atoms with Gasteiger partial charge in [-0.25, -0.2) is 4.98 Å². The van der Waals surface area contributed by atoms with Crippen LogP contribution in [0, 0.1) is 0 Å². The van der Waals surface area contributed by atoms with Crippen molar-refractivity contribution in [2.24, 2.45) is 0 Å². The van der Waals surface area contributed by atoms with Crippen LogP contribution in [0.4, 0.5) is 11.5 Å². The Kier molecular flexibility index (Phi) is 8.04. The fourth-order valence-electron chi connectivity index (χ4n) is 2.39. The third kappa shape index (κ3) is 5.37. The quantitative estimate of drug-likeness (QED) is 0.713. The van der Waals surface area contributed by atoms with Crippen LogP contribution in [0.25, 0.3) is 0 Å². The Labute approximate surface area is 124 Å². The van der Waals surface area contributed by atoms with Gasteiger partial charge in [-0.3, -0.25) is 0 Å². The lowest BCUT2D eigenvalue weighted by molar-refractivity contribution is 0.301. The highest BCUT2D eigenvalue weighted by Crippen LogP contribution is 2.17. The lowest BCUT2D eigenvalue weighted by Crippen LogP contribution is -2.30. The highest BCUT2D eigenvalue weighted by molar-refractivity contribution is 5.53. The molecule has 0 aromatic carbocycles. The van der Waals surface area contributed by atoms with Crippen molar-refractivity contribution in [1.82, 2.24) is 9.88 Å². The summed E-state index contributed by atoms with van der Waals surface area (Å²) in [6.07, 6.45) is 3.09. The summed E-state index contributed by atoms with van der Waals surface area (Å²) in [6.45, 7) is 15.3. The molecule has 0 aliphatic rings. The first-order valence-corrected chi connectivity index (χ1v) is 7.92. The number of hydrogen-bond donors (Lipinski definition) is 1. The number of pyridine rings is 1. The highest BCUT2D eigenvalue weighted by atomic mass is 15.1. The molecule has 0 bridgehead atoms. The molecule has 0 spiro atoms. The molecule has 0 aliphatic heterocycles. The van der Waals surface area contributed by atoms with Crippen molar-refractivity contribution in [3.63, 3.8) is 0 Å². The molecular weight excluding hydrogens is 248 g/mol. The second kappa shape index (κ2) is 9.59. The summed E-state index contributed by atoms with van der Waals surface area (Å²) in [7, 11) is 0. The van der Waals surface area contributed by atoms with Crippen LogP contribution in [0.3, 0.4) is 0 Å². The fraction of sp³-hybridized carbons (Fsp3) is 0.688. The molecule has 1 aromatic heterocycles. The number of aromatic nitrogens is 1. The molecule has 114 valence electrons. The monoisotopic (exact) mass is 278 g/mol. The second-order valence-electron chi connectivity index (χ2n) is 4.89. The van der Waals surface area contributed by atoms with E-state index >= 15 is 0 Å². The molecule has 4 nitrogen and oxygen atoms in total. The average Bonchev–Trinajstić information content (AvgIpc) is 2.48. The summed E-state index contributed by atoms with van der Waals surface area (Å²) in [6, 6.07) is 4.24. The van der Waals surface area contributed by atoms with Crippen LogP contribution >= 0.6 is 0 Å². The predicted molar refractivity (Wildman–Crippen MR) is 88.7 cm³/mol. The van der Waals surface area contributed by atoms with Gasteiger partial charge in [0.05, 0.1) is 0 Å². The van der Waals surface area contributed by atoms with Gasteiger partial charge in [0, 0.05) is 37.6 Å². The lowest BCUT2D eigenvalue weighted by atomic mass is 10.3. The summed E-state index contributed by atoms with van der Waals surface area (Å²) in [4.78, 5) is 9.23. The van der Waals surface area contributed by atoms with Crippen molar-refractivity contribution in [2.75, 3.05) is 49.5 Å². The molecule has 0 unspecified atom stereocenters. The van der Waals surface area contributed by atoms with Gasteiger partial charge in [0.25, 0.3) is 0 Å². The molecule has 0 saturated heterocycles. The number of anilines is 2. The Morgan fingerprint density at radius 2 is 1.80 bits per heavy atom. The Balaban J connectivity index is 2.54. The van der Waals surface area contributed by atoms with E-state index in [2.05, 4.69) is 59.9 Å². The summed E-state index contributed by atoms with van der Waals surface area (Å²) < 4.78 is 0. The van der Waals surface area contributed by atoms with E-state index in [-0.39, 0.29) is 0 Å². The first-order valence-electron chi connectivity index (χ1n) is 7.92. The molecule has 1 N–H and O–H groups in total. The standard InChI is InChI=1S/C16H30N4/c1-5-17-16-14-15(10-11-18-16)20(8-4)13-9-12-19(6-2)7-3/h10-11,14H,5-9,12-13H2,1-4H3,(H,17,18). The van der Waals surface area contributed by atoms with Crippen LogP contribution < -0.4 is 10.2 Å². The van der Waals surface area contributed by atoms with Gasteiger partial charge >= 0.3 is 0 Å². The van der Waals surface area contributed by atoms with Crippen LogP contribution in [-0.2, 0) is 0 Å². The zero-order valence-electron chi connectivity index (χ0n) is 13.5. The van der Waals surface area contributed by atoms with Crippen LogP contribution in [0.2, 0.25) is 0 Å². The summed E-state index contributed by atoms with van der Waals surface area (Å²) >= 11 is 0. The van der Waals surface area contributed by atoms with Gasteiger partial charge in [-0.15, -0.1) is 0 Å². The number of rotatable bonds is 10. The Hall–Kier alpha value is -1.29. The Morgan fingerprint density at radius 1 is 1.05 bits per heavy atom. The van der Waals surface area contributed by atoms with Gasteiger partial charge in [0.15, 0.2) is 0 Å². The van der Waals surface area contributed by atoms with Crippen molar-refractivity contribution < 1.29 is 0 Å². The zero-order valence-corrected chi connectivity index (χ0v) is 13.5. The third-order valence-corrected chi connectivity index (χ3v) is 3.65. The average molecular weight is 278 g/mol. The normalized spacial score (nSPS) is 10.8. The topological polar surface area (TPSA) is 31.4 Å². The predicted octanol–water partition coefficient (Wildman–Crippen LogP) is 3.07. The van der Waals surface area contributed by atoms with Gasteiger partial charge in [-0.1, -0.05) is 13.8 Å². The van der Waals surface area contributed by atoms with Crippen LogP contribution in [-0.4, -0.2) is 49.2 Å². The molecule has 1 rings (SSSR count). The molecule has 4 heteroatoms. The van der Waals surface area contributed by atoms with Crippen LogP contribution in [0.15, 0.2) is 18.3 Å². The van der Waals surface area contributed by atoms with Crippen molar-refractivity contribution in [2.45, 2.75) is 34.1 Å². The SMILES string of the molecule is CCNc1cc(N(CC)CCCN(CC)CC)ccn1. The zero-order chi connectivity index (χ0) is 14.8. The highest BCUT2D eigenvalue weighted by Gasteiger charge is 2.06. The van der Waals surface area contributed by atoms with Crippen molar-refractivity contribution >= 4 is 11.5 Å². The van der Waals surface area contributed by atoms with E-state index in [1.807, 2.05) is 6.20 Å². The minimum atomic E-state index is 0.907. The van der Waals surface area contributed by atoms with Gasteiger partial charge in [0.1, 0.15) is 5.82 Å². The van der Waals surface area contributed by atoms with Crippen LogP contribution in [0.5, 0.6) is 0 Å². The Morgan fingerprint density at radius 3 is 2.40 bits per heavy atom. The van der Waals surface area contributed by atoms with Crippen molar-refractivity contribution in [3.8, 4) is 0 Å². The third-order valence-electron chi connectivity index (χ3n) is 3.65.